The highest BCUT2D eigenvalue weighted by atomic mass is 16.5. The Bertz CT molecular complexity index is 275. The van der Waals surface area contributed by atoms with Crippen molar-refractivity contribution >= 4 is 5.69 Å². The van der Waals surface area contributed by atoms with E-state index in [9.17, 15) is 0 Å². The normalized spacial score (nSPS) is 12.4. The smallest absolute Gasteiger partial charge is 0.0745 e. The Balaban J connectivity index is 2.33. The molecule has 0 saturated carbocycles. The highest BCUT2D eigenvalue weighted by Crippen LogP contribution is 2.11. The molecule has 1 unspecified atom stereocenters. The molecule has 16 heavy (non-hydrogen) atoms. The Morgan fingerprint density at radius 1 is 1.31 bits per heavy atom. The van der Waals surface area contributed by atoms with Crippen LogP contribution in [0.5, 0.6) is 0 Å². The molecule has 0 radical (unpaired) electrons. The molecule has 0 saturated heterocycles. The number of ether oxygens (including phenoxy) is 1. The molecular formula is C13H21NO2. The van der Waals surface area contributed by atoms with Crippen molar-refractivity contribution < 1.29 is 9.84 Å². The van der Waals surface area contributed by atoms with Gasteiger partial charge in [0.25, 0.3) is 0 Å². The van der Waals surface area contributed by atoms with Gasteiger partial charge < -0.3 is 14.7 Å². The van der Waals surface area contributed by atoms with Gasteiger partial charge in [0.05, 0.1) is 19.3 Å². The van der Waals surface area contributed by atoms with Crippen LogP contribution >= 0.6 is 0 Å². The molecule has 1 atom stereocenters. The molecule has 1 N–H and O–H groups in total. The van der Waals surface area contributed by atoms with Crippen LogP contribution in [0.4, 0.5) is 5.69 Å². The van der Waals surface area contributed by atoms with E-state index in [1.54, 1.807) is 6.92 Å². The first-order valence-electron chi connectivity index (χ1n) is 5.80. The van der Waals surface area contributed by atoms with Crippen LogP contribution in [-0.4, -0.2) is 37.5 Å². The molecule has 0 bridgehead atoms. The fourth-order valence-corrected chi connectivity index (χ4v) is 1.54. The fourth-order valence-electron chi connectivity index (χ4n) is 1.54. The zero-order valence-electron chi connectivity index (χ0n) is 10.1. The molecule has 0 spiro atoms. The van der Waals surface area contributed by atoms with E-state index in [4.69, 9.17) is 9.84 Å². The summed E-state index contributed by atoms with van der Waals surface area (Å²) in [7, 11) is 0. The van der Waals surface area contributed by atoms with E-state index in [1.807, 2.05) is 18.2 Å². The summed E-state index contributed by atoms with van der Waals surface area (Å²) in [4.78, 5) is 2.25. The number of nitrogens with zero attached hydrogens (tertiary/aromatic N) is 1. The molecule has 3 heteroatoms. The number of hydrogen-bond donors (Lipinski definition) is 1. The third kappa shape index (κ3) is 4.64. The van der Waals surface area contributed by atoms with Crippen LogP contribution in [0.15, 0.2) is 30.3 Å². The monoisotopic (exact) mass is 223 g/mol. The van der Waals surface area contributed by atoms with Gasteiger partial charge in [-0.25, -0.2) is 0 Å². The number of likely N-dealkylation sites (N-methyl/N-ethyl adjacent to an activating group) is 1. The lowest BCUT2D eigenvalue weighted by molar-refractivity contribution is 0.0495. The predicted octanol–water partition coefficient (Wildman–Crippen LogP) is 1.91. The minimum absolute atomic E-state index is 0.383. The minimum Gasteiger partial charge on any atom is -0.391 e. The summed E-state index contributed by atoms with van der Waals surface area (Å²) in [5.41, 5.74) is 1.21. The van der Waals surface area contributed by atoms with Crippen molar-refractivity contribution in [2.75, 3.05) is 31.2 Å². The average molecular weight is 223 g/mol. The molecule has 1 aromatic carbocycles. The van der Waals surface area contributed by atoms with Crippen molar-refractivity contribution in [2.45, 2.75) is 20.0 Å². The van der Waals surface area contributed by atoms with Gasteiger partial charge in [-0.05, 0) is 26.0 Å². The Morgan fingerprint density at radius 2 is 2.00 bits per heavy atom. The van der Waals surface area contributed by atoms with Crippen LogP contribution in [0, 0.1) is 0 Å². The quantitative estimate of drug-likeness (QED) is 0.717. The molecule has 1 aromatic rings. The Morgan fingerprint density at radius 3 is 2.56 bits per heavy atom. The van der Waals surface area contributed by atoms with Crippen LogP contribution in [-0.2, 0) is 4.74 Å². The number of aliphatic hydroxyl groups is 1. The van der Waals surface area contributed by atoms with Crippen LogP contribution in [0.3, 0.4) is 0 Å². The van der Waals surface area contributed by atoms with E-state index in [1.165, 1.54) is 5.69 Å². The van der Waals surface area contributed by atoms with Gasteiger partial charge in [0.1, 0.15) is 0 Å². The number of hydrogen-bond acceptors (Lipinski definition) is 3. The van der Waals surface area contributed by atoms with Crippen molar-refractivity contribution in [1.29, 1.82) is 0 Å². The van der Waals surface area contributed by atoms with Gasteiger partial charge in [-0.2, -0.15) is 0 Å². The first kappa shape index (κ1) is 13.0. The zero-order valence-corrected chi connectivity index (χ0v) is 10.1. The van der Waals surface area contributed by atoms with E-state index >= 15 is 0 Å². The van der Waals surface area contributed by atoms with Crippen LogP contribution in [0.2, 0.25) is 0 Å². The second-order valence-corrected chi connectivity index (χ2v) is 3.84. The van der Waals surface area contributed by atoms with Gasteiger partial charge in [0.15, 0.2) is 0 Å². The molecule has 0 aliphatic heterocycles. The van der Waals surface area contributed by atoms with Crippen molar-refractivity contribution in [3.63, 3.8) is 0 Å². The van der Waals surface area contributed by atoms with Crippen molar-refractivity contribution in [2.24, 2.45) is 0 Å². The largest absolute Gasteiger partial charge is 0.391 e. The third-order valence-electron chi connectivity index (χ3n) is 2.37. The van der Waals surface area contributed by atoms with E-state index in [-0.39, 0.29) is 6.10 Å². The first-order valence-corrected chi connectivity index (χ1v) is 5.80. The lowest BCUT2D eigenvalue weighted by atomic mass is 10.3. The Hall–Kier alpha value is -1.06. The minimum atomic E-state index is -0.383. The van der Waals surface area contributed by atoms with Gasteiger partial charge >= 0.3 is 0 Å². The predicted molar refractivity (Wildman–Crippen MR) is 66.8 cm³/mol. The standard InChI is InChI=1S/C13H21NO2/c1-3-14(9-10-16-11-12(2)15)13-7-5-4-6-8-13/h4-8,12,15H,3,9-11H2,1-2H3. The van der Waals surface area contributed by atoms with E-state index in [0.717, 1.165) is 13.1 Å². The second kappa shape index (κ2) is 7.25. The molecule has 0 amide bonds. The van der Waals surface area contributed by atoms with Gasteiger partial charge in [0, 0.05) is 18.8 Å². The maximum Gasteiger partial charge on any atom is 0.0745 e. The molecule has 90 valence electrons. The third-order valence-corrected chi connectivity index (χ3v) is 2.37. The summed E-state index contributed by atoms with van der Waals surface area (Å²) < 4.78 is 5.36. The summed E-state index contributed by atoms with van der Waals surface area (Å²) >= 11 is 0. The highest BCUT2D eigenvalue weighted by molar-refractivity contribution is 5.45. The van der Waals surface area contributed by atoms with Gasteiger partial charge in [-0.1, -0.05) is 18.2 Å². The van der Waals surface area contributed by atoms with E-state index in [2.05, 4.69) is 24.0 Å². The van der Waals surface area contributed by atoms with Crippen LogP contribution < -0.4 is 4.90 Å². The zero-order chi connectivity index (χ0) is 11.8. The molecule has 0 heterocycles. The molecule has 0 aliphatic rings. The topological polar surface area (TPSA) is 32.7 Å². The average Bonchev–Trinajstić information content (AvgIpc) is 2.30. The lowest BCUT2D eigenvalue weighted by Gasteiger charge is -2.23. The molecular weight excluding hydrogens is 202 g/mol. The molecule has 3 nitrogen and oxygen atoms in total. The SMILES string of the molecule is CCN(CCOCC(C)O)c1ccccc1. The van der Waals surface area contributed by atoms with Gasteiger partial charge in [-0.3, -0.25) is 0 Å². The van der Waals surface area contributed by atoms with Crippen molar-refractivity contribution in [3.05, 3.63) is 30.3 Å². The molecule has 0 aromatic heterocycles. The van der Waals surface area contributed by atoms with E-state index < -0.39 is 0 Å². The Labute approximate surface area is 97.7 Å². The summed E-state index contributed by atoms with van der Waals surface area (Å²) in [5, 5.41) is 9.05. The van der Waals surface area contributed by atoms with Crippen LogP contribution in [0.25, 0.3) is 0 Å². The van der Waals surface area contributed by atoms with Gasteiger partial charge in [0.2, 0.25) is 0 Å². The van der Waals surface area contributed by atoms with Gasteiger partial charge in [-0.15, -0.1) is 0 Å². The fraction of sp³-hybridized carbons (Fsp3) is 0.538. The Kier molecular flexibility index (Phi) is 5.90. The highest BCUT2D eigenvalue weighted by Gasteiger charge is 2.03. The summed E-state index contributed by atoms with van der Waals surface area (Å²) in [6, 6.07) is 10.3. The molecule has 0 aliphatic carbocycles. The molecule has 0 fully saturated rings. The number of benzene rings is 1. The van der Waals surface area contributed by atoms with E-state index in [0.29, 0.717) is 13.2 Å². The maximum atomic E-state index is 9.05. The molecule has 1 rings (SSSR count). The maximum absolute atomic E-state index is 9.05. The number of para-hydroxylation sites is 1. The van der Waals surface area contributed by atoms with Crippen LogP contribution in [0.1, 0.15) is 13.8 Å². The number of rotatable bonds is 7. The lowest BCUT2D eigenvalue weighted by Crippen LogP contribution is -2.28. The number of aliphatic hydroxyl groups excluding tert-OH is 1. The summed E-state index contributed by atoms with van der Waals surface area (Å²) in [6.07, 6.45) is -0.383. The number of anilines is 1. The summed E-state index contributed by atoms with van der Waals surface area (Å²) in [5.74, 6) is 0. The second-order valence-electron chi connectivity index (χ2n) is 3.84. The van der Waals surface area contributed by atoms with Crippen molar-refractivity contribution in [1.82, 2.24) is 0 Å². The van der Waals surface area contributed by atoms with Crippen molar-refractivity contribution in [3.8, 4) is 0 Å². The first-order chi connectivity index (χ1) is 7.74. The summed E-state index contributed by atoms with van der Waals surface area (Å²) in [6.45, 7) is 6.73.